The van der Waals surface area contributed by atoms with Crippen molar-refractivity contribution in [3.8, 4) is 0 Å². The van der Waals surface area contributed by atoms with E-state index in [2.05, 4.69) is 170 Å². The predicted octanol–water partition coefficient (Wildman–Crippen LogP) is 15.2. The highest BCUT2D eigenvalue weighted by Crippen LogP contribution is 2.62. The van der Waals surface area contributed by atoms with Crippen molar-refractivity contribution in [1.29, 1.82) is 0 Å². The van der Waals surface area contributed by atoms with Gasteiger partial charge in [0.1, 0.15) is 17.5 Å². The van der Waals surface area contributed by atoms with Gasteiger partial charge in [0.25, 0.3) is 0 Å². The second-order valence-electron chi connectivity index (χ2n) is 23.7. The van der Waals surface area contributed by atoms with Crippen LogP contribution in [0.15, 0.2) is 180 Å². The molecule has 8 bridgehead atoms. The van der Waals surface area contributed by atoms with Crippen LogP contribution in [0, 0.1) is 40.9 Å². The van der Waals surface area contributed by atoms with E-state index >= 15 is 0 Å². The molecule has 8 saturated carbocycles. The van der Waals surface area contributed by atoms with Crippen molar-refractivity contribution in [2.45, 2.75) is 125 Å². The molecule has 0 N–H and O–H groups in total. The molecule has 0 radical (unpaired) electrons. The van der Waals surface area contributed by atoms with Crippen LogP contribution in [0.4, 0.5) is 0 Å². The lowest BCUT2D eigenvalue weighted by atomic mass is 9.48. The Labute approximate surface area is 409 Å². The van der Waals surface area contributed by atoms with E-state index < -0.39 is 5.41 Å². The van der Waals surface area contributed by atoms with Crippen molar-refractivity contribution in [2.24, 2.45) is 50.9 Å². The zero-order valence-corrected chi connectivity index (χ0v) is 40.0. The SMILES string of the molecule is c1ccc([C@H]2N=C(C(Cc3ccc(C45CC6CC(CC(C6)C4)C5)cc3)(Cc3ccc(C45CC6CC(CC(C6)C4)C5)cc3)C3=N[C@H](c4ccccc4)[C@H](c4ccccc4)O3)O[C@H]2c2ccccc2)cc1. The van der Waals surface area contributed by atoms with Gasteiger partial charge in [-0.05, 0) is 181 Å². The molecule has 0 aromatic heterocycles. The van der Waals surface area contributed by atoms with Gasteiger partial charge < -0.3 is 9.47 Å². The second-order valence-corrected chi connectivity index (χ2v) is 23.7. The van der Waals surface area contributed by atoms with Gasteiger partial charge in [-0.2, -0.15) is 0 Å². The van der Waals surface area contributed by atoms with Gasteiger partial charge in [0, 0.05) is 0 Å². The first kappa shape index (κ1) is 42.2. The van der Waals surface area contributed by atoms with Crippen molar-refractivity contribution in [3.05, 3.63) is 214 Å². The first-order valence-electron chi connectivity index (χ1n) is 26.8. The van der Waals surface area contributed by atoms with Crippen LogP contribution < -0.4 is 0 Å². The number of benzene rings is 6. The minimum Gasteiger partial charge on any atom is -0.469 e. The summed E-state index contributed by atoms with van der Waals surface area (Å²) >= 11 is 0. The Balaban J connectivity index is 0.924. The summed E-state index contributed by atoms with van der Waals surface area (Å²) in [5.41, 5.74) is 9.99. The Hall–Kier alpha value is -5.74. The summed E-state index contributed by atoms with van der Waals surface area (Å²) in [5.74, 6) is 6.85. The van der Waals surface area contributed by atoms with Crippen LogP contribution in [-0.4, -0.2) is 11.8 Å². The quantitative estimate of drug-likeness (QED) is 0.123. The number of aliphatic imine (C=N–C) groups is 2. The molecule has 8 aliphatic carbocycles. The standard InChI is InChI=1S/C65H66N2O2/c1-5-13-51(14-6-1)57-59(53-17-9-3-10-18-53)68-61(66-57)65(62-67-58(52-15-7-2-8-16-52)60(69-62)54-19-11-4-12-20-54,41-43-21-25-55(26-22-43)63-35-45-29-46(36-63)31-47(30-45)37-63)42-44-23-27-56(28-24-44)64-38-48-32-49(39-64)34-50(33-48)40-64/h1-28,45-50,57-60H,29-42H2/t45?,46?,47?,48?,49?,50?,57-,58-,59+,60+,63?,64?/m1/s1. The largest absolute Gasteiger partial charge is 0.469 e. The van der Waals surface area contributed by atoms with E-state index in [1.165, 1.54) is 88.2 Å². The molecule has 6 aromatic carbocycles. The molecule has 4 heteroatoms. The summed E-state index contributed by atoms with van der Waals surface area (Å²) in [6.07, 6.45) is 17.6. The van der Waals surface area contributed by atoms with Crippen molar-refractivity contribution in [3.63, 3.8) is 0 Å². The molecule has 69 heavy (non-hydrogen) atoms. The van der Waals surface area contributed by atoms with Crippen LogP contribution in [0.3, 0.4) is 0 Å². The summed E-state index contributed by atoms with van der Waals surface area (Å²) in [7, 11) is 0. The average Bonchev–Trinajstić information content (AvgIpc) is 4.05. The lowest BCUT2D eigenvalue weighted by molar-refractivity contribution is -0.00531. The van der Waals surface area contributed by atoms with Crippen LogP contribution in [0.25, 0.3) is 0 Å². The minimum absolute atomic E-state index is 0.239. The summed E-state index contributed by atoms with van der Waals surface area (Å²) in [6.45, 7) is 0. The molecule has 0 spiro atoms. The van der Waals surface area contributed by atoms with Crippen LogP contribution in [0.5, 0.6) is 0 Å². The fourth-order valence-electron chi connectivity index (χ4n) is 16.9. The molecule has 4 atom stereocenters. The number of nitrogens with zero attached hydrogens (tertiary/aromatic N) is 2. The molecular weight excluding hydrogens is 841 g/mol. The summed E-state index contributed by atoms with van der Waals surface area (Å²) in [5, 5.41) is 0. The molecule has 6 aromatic rings. The third kappa shape index (κ3) is 7.45. The van der Waals surface area contributed by atoms with E-state index in [-0.39, 0.29) is 24.3 Å². The maximum Gasteiger partial charge on any atom is 0.201 e. The van der Waals surface area contributed by atoms with Crippen LogP contribution in [0.1, 0.15) is 146 Å². The van der Waals surface area contributed by atoms with Crippen molar-refractivity contribution >= 4 is 11.8 Å². The summed E-state index contributed by atoms with van der Waals surface area (Å²) in [6, 6.07) is 62.5. The molecule has 0 saturated heterocycles. The maximum absolute atomic E-state index is 7.58. The number of hydrogen-bond donors (Lipinski definition) is 0. The molecule has 2 aliphatic heterocycles. The fraction of sp³-hybridized carbons (Fsp3) is 0.415. The van der Waals surface area contributed by atoms with Gasteiger partial charge in [-0.25, -0.2) is 9.98 Å². The minimum atomic E-state index is -0.864. The summed E-state index contributed by atoms with van der Waals surface area (Å²) in [4.78, 5) is 11.7. The van der Waals surface area contributed by atoms with Crippen LogP contribution in [0.2, 0.25) is 0 Å². The molecule has 8 fully saturated rings. The van der Waals surface area contributed by atoms with E-state index in [1.54, 1.807) is 11.1 Å². The zero-order chi connectivity index (χ0) is 45.6. The van der Waals surface area contributed by atoms with Crippen molar-refractivity contribution in [1.82, 2.24) is 0 Å². The Morgan fingerprint density at radius 2 is 0.652 bits per heavy atom. The number of rotatable bonds is 12. The number of hydrogen-bond acceptors (Lipinski definition) is 4. The normalized spacial score (nSPS) is 33.7. The van der Waals surface area contributed by atoms with Gasteiger partial charge in [-0.15, -0.1) is 0 Å². The Morgan fingerprint density at radius 1 is 0.362 bits per heavy atom. The van der Waals surface area contributed by atoms with E-state index in [9.17, 15) is 0 Å². The topological polar surface area (TPSA) is 43.2 Å². The van der Waals surface area contributed by atoms with E-state index in [4.69, 9.17) is 19.5 Å². The molecule has 348 valence electrons. The number of ether oxygens (including phenoxy) is 2. The highest BCUT2D eigenvalue weighted by molar-refractivity contribution is 6.07. The third-order valence-electron chi connectivity index (χ3n) is 19.1. The van der Waals surface area contributed by atoms with E-state index in [1.807, 2.05) is 0 Å². The highest BCUT2D eigenvalue weighted by atomic mass is 16.5. The second kappa shape index (κ2) is 16.7. The molecule has 4 nitrogen and oxygen atoms in total. The predicted molar refractivity (Wildman–Crippen MR) is 276 cm³/mol. The Kier molecular flexibility index (Phi) is 10.2. The van der Waals surface area contributed by atoms with Gasteiger partial charge in [0.2, 0.25) is 11.8 Å². The molecule has 0 amide bonds. The lowest BCUT2D eigenvalue weighted by Gasteiger charge is -2.57. The van der Waals surface area contributed by atoms with Gasteiger partial charge in [0.05, 0.1) is 0 Å². The Morgan fingerprint density at radius 3 is 0.957 bits per heavy atom. The third-order valence-corrected chi connectivity index (χ3v) is 19.1. The van der Waals surface area contributed by atoms with E-state index in [0.717, 1.165) is 69.6 Å². The smallest absolute Gasteiger partial charge is 0.201 e. The van der Waals surface area contributed by atoms with Gasteiger partial charge in [0.15, 0.2) is 12.2 Å². The Bertz CT molecular complexity index is 2580. The molecule has 10 aliphatic rings. The maximum atomic E-state index is 7.58. The van der Waals surface area contributed by atoms with Crippen molar-refractivity contribution < 1.29 is 9.47 Å². The fourth-order valence-corrected chi connectivity index (χ4v) is 16.9. The monoisotopic (exact) mass is 907 g/mol. The lowest BCUT2D eigenvalue weighted by Crippen LogP contribution is -2.48. The molecule has 0 unspecified atom stereocenters. The van der Waals surface area contributed by atoms with Crippen LogP contribution >= 0.6 is 0 Å². The zero-order valence-electron chi connectivity index (χ0n) is 40.0. The van der Waals surface area contributed by atoms with Gasteiger partial charge in [-0.1, -0.05) is 170 Å². The van der Waals surface area contributed by atoms with Crippen LogP contribution in [-0.2, 0) is 33.1 Å². The summed E-state index contributed by atoms with van der Waals surface area (Å²) < 4.78 is 15.2. The van der Waals surface area contributed by atoms with Crippen molar-refractivity contribution in [2.75, 3.05) is 0 Å². The van der Waals surface area contributed by atoms with Gasteiger partial charge in [-0.3, -0.25) is 0 Å². The van der Waals surface area contributed by atoms with E-state index in [0.29, 0.717) is 23.7 Å². The first-order valence-corrected chi connectivity index (χ1v) is 26.8. The highest BCUT2D eigenvalue weighted by Gasteiger charge is 2.56. The molecule has 16 rings (SSSR count). The molecular formula is C65H66N2O2. The average molecular weight is 907 g/mol. The molecule has 2 heterocycles. The van der Waals surface area contributed by atoms with Gasteiger partial charge >= 0.3 is 0 Å². The first-order chi connectivity index (χ1) is 33.9.